The van der Waals surface area contributed by atoms with E-state index in [1.54, 1.807) is 34.0 Å². The largest absolute Gasteiger partial charge is 0.457 e. The first-order valence-corrected chi connectivity index (χ1v) is 16.0. The third-order valence-electron chi connectivity index (χ3n) is 9.20. The summed E-state index contributed by atoms with van der Waals surface area (Å²) >= 11 is 0. The van der Waals surface area contributed by atoms with E-state index in [4.69, 9.17) is 4.74 Å². The summed E-state index contributed by atoms with van der Waals surface area (Å²) < 4.78 is 20.9. The lowest BCUT2D eigenvalue weighted by atomic mass is 9.89. The number of nitrogens with zero attached hydrogens (tertiary/aromatic N) is 4. The van der Waals surface area contributed by atoms with Gasteiger partial charge in [0.25, 0.3) is 5.91 Å². The highest BCUT2D eigenvalue weighted by molar-refractivity contribution is 6.10. The van der Waals surface area contributed by atoms with Gasteiger partial charge in [0, 0.05) is 37.5 Å². The number of halogens is 1. The summed E-state index contributed by atoms with van der Waals surface area (Å²) in [6, 6.07) is 11.0. The molecule has 47 heavy (non-hydrogen) atoms. The number of carbonyl (C=O) groups is 4. The lowest BCUT2D eigenvalue weighted by molar-refractivity contribution is -0.148. The van der Waals surface area contributed by atoms with Crippen LogP contribution in [0.25, 0.3) is 11.1 Å². The predicted octanol–water partition coefficient (Wildman–Crippen LogP) is 5.16. The number of hydrogen-bond acceptors (Lipinski definition) is 6. The average molecular weight is 642 g/mol. The highest BCUT2D eigenvalue weighted by Gasteiger charge is 2.56. The number of esters is 1. The van der Waals surface area contributed by atoms with E-state index in [2.05, 4.69) is 10.4 Å². The maximum Gasteiger partial charge on any atom is 0.331 e. The van der Waals surface area contributed by atoms with Gasteiger partial charge in [-0.15, -0.1) is 0 Å². The second-order valence-corrected chi connectivity index (χ2v) is 13.7. The van der Waals surface area contributed by atoms with Gasteiger partial charge in [0.2, 0.25) is 5.91 Å². The Hall–Kier alpha value is -4.80. The number of carbonyl (C=O) groups excluding carboxylic acids is 4. The number of benzene rings is 2. The monoisotopic (exact) mass is 641 g/mol. The molecule has 0 radical (unpaired) electrons. The molecule has 1 spiro atoms. The molecule has 0 bridgehead atoms. The molecule has 1 aromatic heterocycles. The minimum absolute atomic E-state index is 0.198. The van der Waals surface area contributed by atoms with Crippen LogP contribution in [-0.2, 0) is 44.7 Å². The van der Waals surface area contributed by atoms with E-state index in [1.165, 1.54) is 12.1 Å². The average Bonchev–Trinajstić information content (AvgIpc) is 3.68. The molecule has 1 N–H and O–H groups in total. The smallest absolute Gasteiger partial charge is 0.331 e. The SMILES string of the molecule is Cn1cc(-c2ccc3c(c2)CCC32NC(=O)N(CC(=O)N(Cc3ccc(F)cc3)C3CCC(=CC(=O)OC(C)(C)C)CC3)C2=O)cn1. The summed E-state index contributed by atoms with van der Waals surface area (Å²) in [5.41, 5.74) is 3.54. The molecule has 1 aliphatic heterocycles. The Labute approximate surface area is 273 Å². The zero-order chi connectivity index (χ0) is 33.5. The Morgan fingerprint density at radius 2 is 1.81 bits per heavy atom. The molecule has 1 atom stereocenters. The van der Waals surface area contributed by atoms with Gasteiger partial charge in [0.05, 0.1) is 6.20 Å². The molecule has 6 rings (SSSR count). The van der Waals surface area contributed by atoms with Crippen molar-refractivity contribution in [2.75, 3.05) is 6.54 Å². The molecule has 2 aromatic carbocycles. The van der Waals surface area contributed by atoms with E-state index < -0.39 is 29.6 Å². The van der Waals surface area contributed by atoms with E-state index >= 15 is 0 Å². The first-order valence-electron chi connectivity index (χ1n) is 16.0. The van der Waals surface area contributed by atoms with Crippen molar-refractivity contribution in [2.24, 2.45) is 7.05 Å². The molecular weight excluding hydrogens is 601 g/mol. The summed E-state index contributed by atoms with van der Waals surface area (Å²) in [5.74, 6) is -1.57. The first-order chi connectivity index (χ1) is 22.3. The highest BCUT2D eigenvalue weighted by Crippen LogP contribution is 2.43. The van der Waals surface area contributed by atoms with Gasteiger partial charge in [-0.1, -0.05) is 35.9 Å². The van der Waals surface area contributed by atoms with Crippen LogP contribution in [0, 0.1) is 5.82 Å². The number of fused-ring (bicyclic) bond motifs is 2. The second kappa shape index (κ2) is 12.4. The Kier molecular flexibility index (Phi) is 8.50. The fraction of sp³-hybridized carbons (Fsp3) is 0.417. The molecule has 2 heterocycles. The Morgan fingerprint density at radius 3 is 2.47 bits per heavy atom. The van der Waals surface area contributed by atoms with Crippen LogP contribution in [0.3, 0.4) is 0 Å². The van der Waals surface area contributed by atoms with Crippen molar-refractivity contribution >= 4 is 23.8 Å². The van der Waals surface area contributed by atoms with Crippen molar-refractivity contribution < 1.29 is 28.3 Å². The molecule has 4 amide bonds. The molecule has 246 valence electrons. The van der Waals surface area contributed by atoms with Gasteiger partial charge < -0.3 is 15.0 Å². The minimum Gasteiger partial charge on any atom is -0.457 e. The molecule has 2 aliphatic carbocycles. The van der Waals surface area contributed by atoms with Gasteiger partial charge in [-0.25, -0.2) is 14.0 Å². The highest BCUT2D eigenvalue weighted by atomic mass is 19.1. The second-order valence-electron chi connectivity index (χ2n) is 13.7. The lowest BCUT2D eigenvalue weighted by Gasteiger charge is -2.36. The summed E-state index contributed by atoms with van der Waals surface area (Å²) in [6.07, 6.45) is 8.64. The van der Waals surface area contributed by atoms with E-state index in [0.29, 0.717) is 38.5 Å². The van der Waals surface area contributed by atoms with Crippen LogP contribution in [0.5, 0.6) is 0 Å². The molecule has 1 saturated heterocycles. The molecule has 10 nitrogen and oxygen atoms in total. The summed E-state index contributed by atoms with van der Waals surface area (Å²) in [5, 5.41) is 7.17. The molecule has 1 unspecified atom stereocenters. The van der Waals surface area contributed by atoms with Gasteiger partial charge >= 0.3 is 12.0 Å². The quantitative estimate of drug-likeness (QED) is 0.217. The van der Waals surface area contributed by atoms with Crippen molar-refractivity contribution in [3.63, 3.8) is 0 Å². The molecule has 3 aromatic rings. The maximum atomic E-state index is 14.0. The standard InChI is InChI=1S/C36H40FN5O5/c1-35(2,3)47-32(44)17-23-7-12-29(13-8-23)41(20-24-5-10-28(37)11-6-24)31(43)22-42-33(45)36(39-34(42)46)16-15-26-18-25(9-14-30(26)36)27-19-38-40(4)21-27/h5-6,9-11,14,17-19,21,29H,7-8,12-13,15-16,20,22H2,1-4H3,(H,39,46). The molecular formula is C36H40FN5O5. The number of nitrogens with one attached hydrogen (secondary N) is 1. The van der Waals surface area contributed by atoms with Crippen molar-refractivity contribution in [3.8, 4) is 11.1 Å². The number of aryl methyl sites for hydroxylation is 2. The van der Waals surface area contributed by atoms with Crippen LogP contribution in [0.1, 0.15) is 69.6 Å². The fourth-order valence-corrected chi connectivity index (χ4v) is 6.91. The van der Waals surface area contributed by atoms with E-state index in [-0.39, 0.29) is 30.3 Å². The predicted molar refractivity (Wildman–Crippen MR) is 172 cm³/mol. The lowest BCUT2D eigenvalue weighted by Crippen LogP contribution is -2.48. The summed E-state index contributed by atoms with van der Waals surface area (Å²) in [4.78, 5) is 56.4. The molecule has 2 fully saturated rings. The van der Waals surface area contributed by atoms with Gasteiger partial charge in [-0.05, 0) is 93.7 Å². The number of ether oxygens (including phenoxy) is 1. The number of allylic oxidation sites excluding steroid dienone is 1. The van der Waals surface area contributed by atoms with Crippen molar-refractivity contribution in [3.05, 3.63) is 89.0 Å². The number of rotatable bonds is 7. The fourth-order valence-electron chi connectivity index (χ4n) is 6.91. The number of imide groups is 1. The van der Waals surface area contributed by atoms with Gasteiger partial charge in [-0.3, -0.25) is 19.2 Å². The van der Waals surface area contributed by atoms with Crippen LogP contribution >= 0.6 is 0 Å². The van der Waals surface area contributed by atoms with Gasteiger partial charge in [-0.2, -0.15) is 5.10 Å². The van der Waals surface area contributed by atoms with Gasteiger partial charge in [0.1, 0.15) is 23.5 Å². The van der Waals surface area contributed by atoms with Crippen LogP contribution in [0.2, 0.25) is 0 Å². The molecule has 3 aliphatic rings. The minimum atomic E-state index is -1.21. The maximum absolute atomic E-state index is 14.0. The van der Waals surface area contributed by atoms with Crippen LogP contribution < -0.4 is 5.32 Å². The van der Waals surface area contributed by atoms with Crippen molar-refractivity contribution in [1.29, 1.82) is 0 Å². The van der Waals surface area contributed by atoms with Crippen molar-refractivity contribution in [2.45, 2.75) is 83.0 Å². The first kappa shape index (κ1) is 32.2. The number of urea groups is 1. The third-order valence-corrected chi connectivity index (χ3v) is 9.20. The van der Waals surface area contributed by atoms with Gasteiger partial charge in [0.15, 0.2) is 0 Å². The van der Waals surface area contributed by atoms with E-state index in [9.17, 15) is 23.6 Å². The van der Waals surface area contributed by atoms with E-state index in [1.807, 2.05) is 52.2 Å². The Bertz CT molecular complexity index is 1750. The Morgan fingerprint density at radius 1 is 1.09 bits per heavy atom. The normalized spacial score (nSPS) is 20.7. The molecule has 11 heteroatoms. The number of hydrogen-bond donors (Lipinski definition) is 1. The van der Waals surface area contributed by atoms with Crippen LogP contribution in [0.4, 0.5) is 9.18 Å². The van der Waals surface area contributed by atoms with Crippen molar-refractivity contribution in [1.82, 2.24) is 24.9 Å². The number of amides is 4. The Balaban J connectivity index is 1.19. The van der Waals surface area contributed by atoms with Crippen LogP contribution in [0.15, 0.2) is 66.5 Å². The van der Waals surface area contributed by atoms with Crippen LogP contribution in [-0.4, -0.2) is 61.6 Å². The zero-order valence-corrected chi connectivity index (χ0v) is 27.2. The molecule has 1 saturated carbocycles. The third kappa shape index (κ3) is 6.70. The van der Waals surface area contributed by atoms with E-state index in [0.717, 1.165) is 38.3 Å². The topological polar surface area (TPSA) is 114 Å². The summed E-state index contributed by atoms with van der Waals surface area (Å²) in [6.45, 7) is 5.24. The zero-order valence-electron chi connectivity index (χ0n) is 27.2. The number of aromatic nitrogens is 2. The summed E-state index contributed by atoms with van der Waals surface area (Å²) in [7, 11) is 1.85.